The molecule has 0 N–H and O–H groups in total. The van der Waals surface area contributed by atoms with Crippen LogP contribution in [0.25, 0.3) is 0 Å². The average Bonchev–Trinajstić information content (AvgIpc) is 4.42. The van der Waals surface area contributed by atoms with E-state index in [1.807, 2.05) is 0 Å². The molecule has 0 spiro atoms. The highest BCUT2D eigenvalue weighted by Crippen LogP contribution is 2.33. The van der Waals surface area contributed by atoms with Gasteiger partial charge in [0.1, 0.15) is 0 Å². The molecule has 0 nitrogen and oxygen atoms in total. The minimum absolute atomic E-state index is 0.792. The molecule has 8 aliphatic carbocycles. The van der Waals surface area contributed by atoms with Crippen molar-refractivity contribution in [1.29, 1.82) is 0 Å². The van der Waals surface area contributed by atoms with E-state index in [-0.39, 0.29) is 0 Å². The molecule has 0 heterocycles. The molecule has 0 aliphatic heterocycles. The monoisotopic (exact) mass is 1110 g/mol. The van der Waals surface area contributed by atoms with E-state index in [9.17, 15) is 0 Å². The Balaban J connectivity index is 0.000000115. The zero-order chi connectivity index (χ0) is 58.6. The van der Waals surface area contributed by atoms with Crippen molar-refractivity contribution in [3.05, 3.63) is 281 Å². The highest BCUT2D eigenvalue weighted by atomic mass is 14.2. The molecule has 3 atom stereocenters. The Bertz CT molecular complexity index is 3300. The topological polar surface area (TPSA) is 0 Å². The lowest BCUT2D eigenvalue weighted by atomic mass is 9.84. The summed E-state index contributed by atoms with van der Waals surface area (Å²) in [5.41, 5.74) is 31.1. The third-order valence-corrected chi connectivity index (χ3v) is 19.7. The molecule has 0 bridgehead atoms. The molecule has 0 saturated heterocycles. The van der Waals surface area contributed by atoms with Crippen LogP contribution >= 0.6 is 0 Å². The Morgan fingerprint density at radius 3 is 1.15 bits per heavy atom. The van der Waals surface area contributed by atoms with E-state index in [0.29, 0.717) is 0 Å². The fourth-order valence-corrected chi connectivity index (χ4v) is 14.8. The molecule has 0 aromatic heterocycles. The van der Waals surface area contributed by atoms with E-state index in [4.69, 9.17) is 0 Å². The van der Waals surface area contributed by atoms with Gasteiger partial charge in [0.05, 0.1) is 0 Å². The first kappa shape index (κ1) is 62.3. The quantitative estimate of drug-likeness (QED) is 0.142. The summed E-state index contributed by atoms with van der Waals surface area (Å²) < 4.78 is 0. The molecular formula is C84H104. The Labute approximate surface area is 511 Å². The predicted molar refractivity (Wildman–Crippen MR) is 364 cm³/mol. The van der Waals surface area contributed by atoms with Gasteiger partial charge in [-0.15, -0.1) is 0 Å². The highest BCUT2D eigenvalue weighted by Gasteiger charge is 2.19. The van der Waals surface area contributed by atoms with Crippen LogP contribution in [-0.4, -0.2) is 0 Å². The Morgan fingerprint density at radius 2 is 0.607 bits per heavy atom. The maximum atomic E-state index is 2.34. The van der Waals surface area contributed by atoms with Crippen molar-refractivity contribution in [1.82, 2.24) is 0 Å². The summed E-state index contributed by atoms with van der Waals surface area (Å²) in [5.74, 6) is 3.36. The van der Waals surface area contributed by atoms with E-state index in [0.717, 1.165) is 23.7 Å². The van der Waals surface area contributed by atoms with Crippen LogP contribution < -0.4 is 0 Å². The first-order valence-corrected chi connectivity index (χ1v) is 33.6. The Hall–Kier alpha value is -6.24. The maximum Gasteiger partial charge on any atom is -0.0184 e. The number of aryl methyl sites for hydroxylation is 13. The van der Waals surface area contributed by atoms with Crippen LogP contribution in [0.4, 0.5) is 0 Å². The molecule has 0 heteroatoms. The van der Waals surface area contributed by atoms with Gasteiger partial charge in [-0.25, -0.2) is 0 Å². The molecule has 3 unspecified atom stereocenters. The SMILES string of the molecule is CC1CCCc2ccccc21.CC1CCc2ccccc21.CC1CCc2ccccc2C1.CC1Cc2ccccc2C1.Cc1ccc2c(c1)CCC2.Cc1ccc2c(c1)CCCC2.Cc1cccc2c1CCC2.Cc1cccc2c1CCCC2. The fourth-order valence-electron chi connectivity index (χ4n) is 14.8. The first-order chi connectivity index (χ1) is 40.9. The van der Waals surface area contributed by atoms with Crippen molar-refractivity contribution >= 4 is 0 Å². The van der Waals surface area contributed by atoms with E-state index >= 15 is 0 Å². The smallest absolute Gasteiger partial charge is 0.0184 e. The zero-order valence-electron chi connectivity index (χ0n) is 53.4. The third kappa shape index (κ3) is 17.9. The van der Waals surface area contributed by atoms with Crippen LogP contribution in [0.15, 0.2) is 170 Å². The van der Waals surface area contributed by atoms with Crippen molar-refractivity contribution < 1.29 is 0 Å². The van der Waals surface area contributed by atoms with Gasteiger partial charge < -0.3 is 0 Å². The van der Waals surface area contributed by atoms with Crippen LogP contribution in [-0.2, 0) is 89.9 Å². The molecule has 16 rings (SSSR count). The van der Waals surface area contributed by atoms with E-state index < -0.39 is 0 Å². The number of hydrogen-bond donors (Lipinski definition) is 0. The Kier molecular flexibility index (Phi) is 23.6. The lowest BCUT2D eigenvalue weighted by Crippen LogP contribution is -2.10. The maximum absolute atomic E-state index is 2.34. The fraction of sp³-hybridized carbons (Fsp3) is 0.429. The number of hydrogen-bond acceptors (Lipinski definition) is 0. The molecule has 0 amide bonds. The standard InChI is InChI=1S/4C11H14.4C10H12/c2*1-9-5-4-7-10-6-2-3-8-11(9)10;2*1-9-6-7-10-4-2-3-5-11(10)8-9;1-8-4-2-5-9-6-3-7-10(8)9;1-8-5-6-9-3-2-4-10(9)7-8;1-8-6-9-4-2-3-5-10(9)7-8;1-8-6-7-9-4-2-3-5-10(8)9/h4-5,7H,2-3,6,8H2,1H3;2-3,6,8-9H,4-5,7H2,1H3;6-8H,2-5H2,1H3;2-5,9H,6-8H2,1H3;2,4-5H,3,6-7H2,1H3;5-7H,2-4H2,1H3;2*2-5,8H,6-7H2,1H3. The summed E-state index contributed by atoms with van der Waals surface area (Å²) in [6.07, 6.45) is 31.9. The largest absolute Gasteiger partial charge is 0.0622 e. The van der Waals surface area contributed by atoms with Gasteiger partial charge in [0, 0.05) is 0 Å². The van der Waals surface area contributed by atoms with Gasteiger partial charge in [-0.2, -0.15) is 0 Å². The van der Waals surface area contributed by atoms with Gasteiger partial charge >= 0.3 is 0 Å². The molecule has 0 saturated carbocycles. The van der Waals surface area contributed by atoms with Crippen molar-refractivity contribution in [2.75, 3.05) is 0 Å². The summed E-state index contributed by atoms with van der Waals surface area (Å²) in [4.78, 5) is 0. The van der Waals surface area contributed by atoms with Crippen molar-refractivity contribution in [2.24, 2.45) is 11.8 Å². The molecule has 8 aromatic rings. The highest BCUT2D eigenvalue weighted by molar-refractivity contribution is 5.40. The second-order valence-electron chi connectivity index (χ2n) is 26.6. The number of fused-ring (bicyclic) bond motifs is 8. The van der Waals surface area contributed by atoms with Crippen LogP contribution in [0.5, 0.6) is 0 Å². The third-order valence-electron chi connectivity index (χ3n) is 19.7. The van der Waals surface area contributed by atoms with Crippen LogP contribution in [0.3, 0.4) is 0 Å². The summed E-state index contributed by atoms with van der Waals surface area (Å²) in [6, 6.07) is 62.2. The first-order valence-electron chi connectivity index (χ1n) is 33.6. The summed E-state index contributed by atoms with van der Waals surface area (Å²) in [7, 11) is 0. The predicted octanol–water partition coefficient (Wildman–Crippen LogP) is 21.8. The molecule has 8 aromatic carbocycles. The molecule has 440 valence electrons. The lowest BCUT2D eigenvalue weighted by Gasteiger charge is -2.21. The van der Waals surface area contributed by atoms with Crippen LogP contribution in [0.2, 0.25) is 0 Å². The van der Waals surface area contributed by atoms with E-state index in [2.05, 4.69) is 225 Å². The minimum atomic E-state index is 0.792. The second-order valence-corrected chi connectivity index (χ2v) is 26.6. The zero-order valence-corrected chi connectivity index (χ0v) is 53.4. The summed E-state index contributed by atoms with van der Waals surface area (Å²) in [6.45, 7) is 18.1. The normalized spacial score (nSPS) is 18.6. The minimum Gasteiger partial charge on any atom is -0.0622 e. The van der Waals surface area contributed by atoms with Crippen molar-refractivity contribution in [3.63, 3.8) is 0 Å². The molecule has 0 radical (unpaired) electrons. The number of benzene rings is 8. The van der Waals surface area contributed by atoms with Crippen molar-refractivity contribution in [3.8, 4) is 0 Å². The van der Waals surface area contributed by atoms with Gasteiger partial charge in [0.25, 0.3) is 0 Å². The van der Waals surface area contributed by atoms with Gasteiger partial charge in [-0.1, -0.05) is 209 Å². The van der Waals surface area contributed by atoms with E-state index in [1.165, 1.54) is 176 Å². The summed E-state index contributed by atoms with van der Waals surface area (Å²) >= 11 is 0. The lowest BCUT2D eigenvalue weighted by molar-refractivity contribution is 0.501. The van der Waals surface area contributed by atoms with Gasteiger partial charge in [-0.3, -0.25) is 0 Å². The number of rotatable bonds is 0. The molecular weight excluding hydrogens is 1010 g/mol. The molecule has 84 heavy (non-hydrogen) atoms. The Morgan fingerprint density at radius 1 is 0.250 bits per heavy atom. The van der Waals surface area contributed by atoms with Gasteiger partial charge in [0.15, 0.2) is 0 Å². The second kappa shape index (κ2) is 31.8. The van der Waals surface area contributed by atoms with Crippen molar-refractivity contribution in [2.45, 2.75) is 221 Å². The average molecular weight is 1110 g/mol. The van der Waals surface area contributed by atoms with Crippen LogP contribution in [0.1, 0.15) is 215 Å². The molecule has 0 fully saturated rings. The molecule has 8 aliphatic rings. The van der Waals surface area contributed by atoms with Gasteiger partial charge in [-0.05, 0) is 306 Å². The summed E-state index contributed by atoms with van der Waals surface area (Å²) in [5, 5.41) is 0. The van der Waals surface area contributed by atoms with Gasteiger partial charge in [0.2, 0.25) is 0 Å². The van der Waals surface area contributed by atoms with E-state index in [1.54, 1.807) is 89.0 Å². The van der Waals surface area contributed by atoms with Crippen LogP contribution in [0, 0.1) is 39.5 Å².